The topological polar surface area (TPSA) is 17.1 Å². The number of rotatable bonds is 2. The molecule has 0 atom stereocenters. The summed E-state index contributed by atoms with van der Waals surface area (Å²) in [6.07, 6.45) is 1.76. The fourth-order valence-electron chi connectivity index (χ4n) is 1.31. The van der Waals surface area contributed by atoms with Crippen LogP contribution in [0.3, 0.4) is 0 Å². The zero-order valence-corrected chi connectivity index (χ0v) is 11.1. The van der Waals surface area contributed by atoms with Gasteiger partial charge in [-0.25, -0.2) is 4.39 Å². The third-order valence-electron chi connectivity index (χ3n) is 2.24. The summed E-state index contributed by atoms with van der Waals surface area (Å²) in [5.74, 6) is -0.638. The van der Waals surface area contributed by atoms with E-state index >= 15 is 0 Å². The maximum atomic E-state index is 13.3. The van der Waals surface area contributed by atoms with E-state index in [2.05, 4.69) is 0 Å². The summed E-state index contributed by atoms with van der Waals surface area (Å²) in [5, 5.41) is 0. The molecule has 0 amide bonds. The molecule has 2 radical (unpaired) electrons. The standard InChI is InChI=1S/C10H8BFO.2C2H6/c11-8-3-1-2-7(9(8)12)10(13)6-4-5-6;2*1-2/h1-3,6H,4-5H2;2*1-2H3. The molecule has 0 spiro atoms. The Morgan fingerprint density at radius 1 is 1.24 bits per heavy atom. The summed E-state index contributed by atoms with van der Waals surface area (Å²) in [7, 11) is 5.35. The number of ketones is 1. The number of hydrogen-bond donors (Lipinski definition) is 0. The molecule has 92 valence electrons. The molecule has 17 heavy (non-hydrogen) atoms. The fraction of sp³-hybridized carbons (Fsp3) is 0.500. The van der Waals surface area contributed by atoms with Crippen molar-refractivity contribution >= 4 is 19.1 Å². The molecule has 1 nitrogen and oxygen atoms in total. The summed E-state index contributed by atoms with van der Waals surface area (Å²) in [6, 6.07) is 4.55. The Morgan fingerprint density at radius 2 is 1.76 bits per heavy atom. The highest BCUT2D eigenvalue weighted by Crippen LogP contribution is 2.32. The van der Waals surface area contributed by atoms with Crippen LogP contribution in [-0.4, -0.2) is 13.6 Å². The second-order valence-corrected chi connectivity index (χ2v) is 3.35. The lowest BCUT2D eigenvalue weighted by Gasteiger charge is -2.02. The van der Waals surface area contributed by atoms with Crippen molar-refractivity contribution in [3.63, 3.8) is 0 Å². The Hall–Kier alpha value is -1.12. The highest BCUT2D eigenvalue weighted by molar-refractivity contribution is 6.33. The monoisotopic (exact) mass is 234 g/mol. The number of carbonyl (C=O) groups excluding carboxylic acids is 1. The maximum Gasteiger partial charge on any atom is 0.168 e. The van der Waals surface area contributed by atoms with Crippen molar-refractivity contribution in [1.29, 1.82) is 0 Å². The van der Waals surface area contributed by atoms with Crippen molar-refractivity contribution in [3.05, 3.63) is 29.6 Å². The van der Waals surface area contributed by atoms with Gasteiger partial charge in [0.1, 0.15) is 13.7 Å². The summed E-state index contributed by atoms with van der Waals surface area (Å²) in [4.78, 5) is 11.5. The lowest BCUT2D eigenvalue weighted by molar-refractivity contribution is 0.0964. The van der Waals surface area contributed by atoms with Gasteiger partial charge in [0.2, 0.25) is 0 Å². The van der Waals surface area contributed by atoms with E-state index in [0.717, 1.165) is 12.8 Å². The maximum absolute atomic E-state index is 13.3. The van der Waals surface area contributed by atoms with E-state index in [1.165, 1.54) is 12.1 Å². The summed E-state index contributed by atoms with van der Waals surface area (Å²) in [6.45, 7) is 8.00. The first-order valence-corrected chi connectivity index (χ1v) is 6.28. The normalized spacial score (nSPS) is 12.8. The second-order valence-electron chi connectivity index (χ2n) is 3.35. The molecule has 2 rings (SSSR count). The van der Waals surface area contributed by atoms with Gasteiger partial charge in [0.25, 0.3) is 0 Å². The summed E-state index contributed by atoms with van der Waals surface area (Å²) < 4.78 is 13.3. The van der Waals surface area contributed by atoms with Gasteiger partial charge in [-0.2, -0.15) is 0 Å². The van der Waals surface area contributed by atoms with E-state index in [4.69, 9.17) is 7.85 Å². The molecule has 0 aromatic heterocycles. The molecular weight excluding hydrogens is 214 g/mol. The third-order valence-corrected chi connectivity index (χ3v) is 2.24. The third kappa shape index (κ3) is 4.33. The average Bonchev–Trinajstić information content (AvgIpc) is 3.21. The molecule has 1 aromatic rings. The number of hydrogen-bond acceptors (Lipinski definition) is 1. The van der Waals surface area contributed by atoms with Crippen LogP contribution < -0.4 is 5.46 Å². The van der Waals surface area contributed by atoms with Crippen LogP contribution in [0.5, 0.6) is 0 Å². The quantitative estimate of drug-likeness (QED) is 0.567. The molecule has 1 fully saturated rings. The molecular formula is C14H20BFO. The van der Waals surface area contributed by atoms with Gasteiger partial charge in [-0.15, -0.1) is 0 Å². The van der Waals surface area contributed by atoms with E-state index in [0.29, 0.717) is 0 Å². The highest BCUT2D eigenvalue weighted by atomic mass is 19.1. The summed E-state index contributed by atoms with van der Waals surface area (Å²) >= 11 is 0. The molecule has 1 aliphatic rings. The second kappa shape index (κ2) is 8.05. The van der Waals surface area contributed by atoms with Gasteiger partial charge in [-0.05, 0) is 18.9 Å². The van der Waals surface area contributed by atoms with Gasteiger partial charge < -0.3 is 0 Å². The van der Waals surface area contributed by atoms with Gasteiger partial charge in [-0.3, -0.25) is 4.79 Å². The van der Waals surface area contributed by atoms with Gasteiger partial charge in [-0.1, -0.05) is 45.3 Å². The number of halogens is 1. The fourth-order valence-corrected chi connectivity index (χ4v) is 1.31. The minimum Gasteiger partial charge on any atom is -0.294 e. The molecule has 0 N–H and O–H groups in total. The Balaban J connectivity index is 0.000000581. The Bertz CT molecular complexity index is 359. The molecule has 0 heterocycles. The SMILES string of the molecule is CC.CC.[B]c1cccc(C(=O)C2CC2)c1F. The zero-order valence-electron chi connectivity index (χ0n) is 11.1. The molecule has 0 aliphatic heterocycles. The van der Waals surface area contributed by atoms with Crippen molar-refractivity contribution in [2.75, 3.05) is 0 Å². The van der Waals surface area contributed by atoms with Crippen molar-refractivity contribution in [2.45, 2.75) is 40.5 Å². The van der Waals surface area contributed by atoms with Crippen LogP contribution in [0.2, 0.25) is 0 Å². The predicted molar refractivity (Wildman–Crippen MR) is 71.5 cm³/mol. The van der Waals surface area contributed by atoms with Crippen molar-refractivity contribution < 1.29 is 9.18 Å². The van der Waals surface area contributed by atoms with Crippen LogP contribution in [0.25, 0.3) is 0 Å². The van der Waals surface area contributed by atoms with E-state index in [9.17, 15) is 9.18 Å². The van der Waals surface area contributed by atoms with Crippen LogP contribution in [0.4, 0.5) is 4.39 Å². The lowest BCUT2D eigenvalue weighted by Crippen LogP contribution is -2.15. The van der Waals surface area contributed by atoms with Crippen molar-refractivity contribution in [1.82, 2.24) is 0 Å². The first-order valence-electron chi connectivity index (χ1n) is 6.28. The van der Waals surface area contributed by atoms with E-state index in [-0.39, 0.29) is 22.7 Å². The Morgan fingerprint density at radius 3 is 2.24 bits per heavy atom. The van der Waals surface area contributed by atoms with E-state index < -0.39 is 5.82 Å². The minimum absolute atomic E-state index is 0.0382. The van der Waals surface area contributed by atoms with E-state index in [1.54, 1.807) is 6.07 Å². The molecule has 1 saturated carbocycles. The molecule has 1 aliphatic carbocycles. The number of carbonyl (C=O) groups is 1. The van der Waals surface area contributed by atoms with Crippen molar-refractivity contribution in [2.24, 2.45) is 5.92 Å². The van der Waals surface area contributed by atoms with Gasteiger partial charge in [0, 0.05) is 5.92 Å². The first-order chi connectivity index (χ1) is 8.20. The van der Waals surface area contributed by atoms with Crippen LogP contribution in [0, 0.1) is 11.7 Å². The van der Waals surface area contributed by atoms with Gasteiger partial charge >= 0.3 is 0 Å². The molecule has 0 saturated heterocycles. The molecule has 1 aromatic carbocycles. The summed E-state index contributed by atoms with van der Waals surface area (Å²) in [5.41, 5.74) is 0.189. The first kappa shape index (κ1) is 15.9. The van der Waals surface area contributed by atoms with Gasteiger partial charge in [0.15, 0.2) is 5.78 Å². The van der Waals surface area contributed by atoms with Crippen LogP contribution >= 0.6 is 0 Å². The predicted octanol–water partition coefficient (Wildman–Crippen LogP) is 3.26. The molecule has 0 unspecified atom stereocenters. The van der Waals surface area contributed by atoms with Crippen LogP contribution in [-0.2, 0) is 0 Å². The largest absolute Gasteiger partial charge is 0.294 e. The average molecular weight is 234 g/mol. The minimum atomic E-state index is -0.570. The lowest BCUT2D eigenvalue weighted by atomic mass is 9.91. The number of Topliss-reactive ketones (excluding diaryl/α,β-unsaturated/α-hetero) is 1. The smallest absolute Gasteiger partial charge is 0.168 e. The molecule has 3 heteroatoms. The molecule has 0 bridgehead atoms. The van der Waals surface area contributed by atoms with Crippen LogP contribution in [0.1, 0.15) is 50.9 Å². The van der Waals surface area contributed by atoms with Crippen LogP contribution in [0.15, 0.2) is 18.2 Å². The van der Waals surface area contributed by atoms with Crippen molar-refractivity contribution in [3.8, 4) is 0 Å². The Labute approximate surface area is 105 Å². The van der Waals surface area contributed by atoms with Gasteiger partial charge in [0.05, 0.1) is 5.56 Å². The Kier molecular flexibility index (Phi) is 7.52. The zero-order chi connectivity index (χ0) is 13.4. The number of benzene rings is 1. The van der Waals surface area contributed by atoms with E-state index in [1.807, 2.05) is 27.7 Å². The highest BCUT2D eigenvalue weighted by Gasteiger charge is 2.31.